The lowest BCUT2D eigenvalue weighted by molar-refractivity contribution is 0.263. The predicted molar refractivity (Wildman–Crippen MR) is 89.1 cm³/mol. The first-order chi connectivity index (χ1) is 10.0. The van der Waals surface area contributed by atoms with Crippen molar-refractivity contribution >= 4 is 27.5 Å². The van der Waals surface area contributed by atoms with Crippen LogP contribution in [0.3, 0.4) is 0 Å². The molecule has 1 N–H and O–H groups in total. The van der Waals surface area contributed by atoms with Gasteiger partial charge < -0.3 is 10.1 Å². The predicted octanol–water partition coefficient (Wildman–Crippen LogP) is 4.22. The highest BCUT2D eigenvalue weighted by atomic mass is 79.9. The van der Waals surface area contributed by atoms with Crippen LogP contribution in [0.5, 0.6) is 5.75 Å². The van der Waals surface area contributed by atoms with Gasteiger partial charge in [-0.1, -0.05) is 17.7 Å². The van der Waals surface area contributed by atoms with E-state index in [0.29, 0.717) is 11.6 Å². The standard InChI is InChI=1S/C15H19BrClN3O/c1-10(2)20-15(13(16)8-19-20)14(18-3)9-21-12-6-4-5-11(17)7-12/h4-8,10,14,18H,9H2,1-3H3. The fourth-order valence-corrected chi connectivity index (χ4v) is 2.85. The van der Waals surface area contributed by atoms with E-state index in [1.54, 1.807) is 0 Å². The van der Waals surface area contributed by atoms with Crippen molar-refractivity contribution in [2.45, 2.75) is 25.9 Å². The Morgan fingerprint density at radius 1 is 1.43 bits per heavy atom. The molecule has 21 heavy (non-hydrogen) atoms. The second-order valence-electron chi connectivity index (χ2n) is 5.03. The van der Waals surface area contributed by atoms with Crippen LogP contribution in [0.4, 0.5) is 0 Å². The average molecular weight is 373 g/mol. The first kappa shape index (κ1) is 16.3. The number of hydrogen-bond donors (Lipinski definition) is 1. The van der Waals surface area contributed by atoms with Gasteiger partial charge >= 0.3 is 0 Å². The lowest BCUT2D eigenvalue weighted by atomic mass is 10.2. The van der Waals surface area contributed by atoms with Gasteiger partial charge in [-0.25, -0.2) is 0 Å². The third-order valence-electron chi connectivity index (χ3n) is 3.17. The van der Waals surface area contributed by atoms with Gasteiger partial charge in [0.15, 0.2) is 0 Å². The molecule has 2 aromatic rings. The Morgan fingerprint density at radius 2 is 2.19 bits per heavy atom. The molecular weight excluding hydrogens is 354 g/mol. The Labute approximate surface area is 138 Å². The maximum absolute atomic E-state index is 5.97. The fraction of sp³-hybridized carbons (Fsp3) is 0.400. The second kappa shape index (κ2) is 7.29. The fourth-order valence-electron chi connectivity index (χ4n) is 2.12. The Bertz CT molecular complexity index is 600. The van der Waals surface area contributed by atoms with Gasteiger partial charge in [-0.15, -0.1) is 0 Å². The molecule has 4 nitrogen and oxygen atoms in total. The highest BCUT2D eigenvalue weighted by Gasteiger charge is 2.20. The first-order valence-corrected chi connectivity index (χ1v) is 7.98. The average Bonchev–Trinajstić information content (AvgIpc) is 2.82. The van der Waals surface area contributed by atoms with Gasteiger partial charge in [0, 0.05) is 11.1 Å². The van der Waals surface area contributed by atoms with E-state index >= 15 is 0 Å². The van der Waals surface area contributed by atoms with Crippen molar-refractivity contribution in [3.8, 4) is 5.75 Å². The van der Waals surface area contributed by atoms with Gasteiger partial charge in [-0.3, -0.25) is 4.68 Å². The van der Waals surface area contributed by atoms with Crippen molar-refractivity contribution in [3.63, 3.8) is 0 Å². The minimum absolute atomic E-state index is 0.0308. The minimum atomic E-state index is 0.0308. The van der Waals surface area contributed by atoms with Crippen molar-refractivity contribution in [2.24, 2.45) is 0 Å². The topological polar surface area (TPSA) is 39.1 Å². The first-order valence-electron chi connectivity index (χ1n) is 6.81. The zero-order valence-corrected chi connectivity index (χ0v) is 14.6. The van der Waals surface area contributed by atoms with Crippen LogP contribution in [-0.2, 0) is 0 Å². The molecule has 2 rings (SSSR count). The van der Waals surface area contributed by atoms with Gasteiger partial charge in [0.2, 0.25) is 0 Å². The van der Waals surface area contributed by atoms with Crippen LogP contribution in [0.25, 0.3) is 0 Å². The van der Waals surface area contributed by atoms with Crippen molar-refractivity contribution in [1.82, 2.24) is 15.1 Å². The summed E-state index contributed by atoms with van der Waals surface area (Å²) in [7, 11) is 1.91. The van der Waals surface area contributed by atoms with E-state index in [1.165, 1.54) is 0 Å². The largest absolute Gasteiger partial charge is 0.491 e. The number of halogens is 2. The molecule has 0 aliphatic rings. The molecule has 0 saturated carbocycles. The van der Waals surface area contributed by atoms with Crippen molar-refractivity contribution in [3.05, 3.63) is 45.7 Å². The molecule has 1 atom stereocenters. The van der Waals surface area contributed by atoms with Crippen LogP contribution in [0, 0.1) is 0 Å². The number of ether oxygens (including phenoxy) is 1. The molecule has 6 heteroatoms. The number of nitrogens with zero attached hydrogens (tertiary/aromatic N) is 2. The van der Waals surface area contributed by atoms with E-state index in [2.05, 4.69) is 40.2 Å². The molecule has 1 heterocycles. The molecular formula is C15H19BrClN3O. The second-order valence-corrected chi connectivity index (χ2v) is 6.32. The molecule has 0 aliphatic heterocycles. The van der Waals surface area contributed by atoms with Gasteiger partial charge in [0.25, 0.3) is 0 Å². The van der Waals surface area contributed by atoms with E-state index in [4.69, 9.17) is 16.3 Å². The van der Waals surface area contributed by atoms with E-state index < -0.39 is 0 Å². The number of nitrogens with one attached hydrogen (secondary N) is 1. The molecule has 0 bridgehead atoms. The molecule has 1 aromatic carbocycles. The Kier molecular flexibility index (Phi) is 5.67. The van der Waals surface area contributed by atoms with E-state index in [1.807, 2.05) is 42.2 Å². The zero-order valence-electron chi connectivity index (χ0n) is 12.3. The molecule has 0 spiro atoms. The van der Waals surface area contributed by atoms with Crippen LogP contribution in [0.2, 0.25) is 5.02 Å². The molecule has 0 saturated heterocycles. The molecule has 0 aliphatic carbocycles. The molecule has 1 aromatic heterocycles. The van der Waals surface area contributed by atoms with Crippen molar-refractivity contribution in [1.29, 1.82) is 0 Å². The van der Waals surface area contributed by atoms with Crippen molar-refractivity contribution in [2.75, 3.05) is 13.7 Å². The monoisotopic (exact) mass is 371 g/mol. The lowest BCUT2D eigenvalue weighted by Gasteiger charge is -2.21. The van der Waals surface area contributed by atoms with Crippen LogP contribution in [0.1, 0.15) is 31.6 Å². The molecule has 1 unspecified atom stereocenters. The van der Waals surface area contributed by atoms with E-state index in [-0.39, 0.29) is 12.1 Å². The van der Waals surface area contributed by atoms with Gasteiger partial charge in [0.05, 0.1) is 22.4 Å². The Balaban J connectivity index is 2.15. The number of likely N-dealkylation sites (N-methyl/N-ethyl adjacent to an activating group) is 1. The summed E-state index contributed by atoms with van der Waals surface area (Å²) in [5, 5.41) is 8.35. The zero-order chi connectivity index (χ0) is 15.4. The SMILES string of the molecule is CNC(COc1cccc(Cl)c1)c1c(Br)cnn1C(C)C. The summed E-state index contributed by atoms with van der Waals surface area (Å²) in [5.74, 6) is 0.759. The van der Waals surface area contributed by atoms with Gasteiger partial charge in [-0.2, -0.15) is 5.10 Å². The van der Waals surface area contributed by atoms with E-state index in [9.17, 15) is 0 Å². The molecule has 0 fully saturated rings. The smallest absolute Gasteiger partial charge is 0.120 e. The third kappa shape index (κ3) is 3.99. The lowest BCUT2D eigenvalue weighted by Crippen LogP contribution is -2.27. The molecule has 114 valence electrons. The third-order valence-corrected chi connectivity index (χ3v) is 4.01. The van der Waals surface area contributed by atoms with Crippen molar-refractivity contribution < 1.29 is 4.74 Å². The summed E-state index contributed by atoms with van der Waals surface area (Å²) in [6, 6.07) is 7.72. The number of benzene rings is 1. The summed E-state index contributed by atoms with van der Waals surface area (Å²) < 4.78 is 8.81. The van der Waals surface area contributed by atoms with Crippen LogP contribution >= 0.6 is 27.5 Å². The summed E-state index contributed by atoms with van der Waals surface area (Å²) >= 11 is 9.53. The number of aromatic nitrogens is 2. The van der Waals surface area contributed by atoms with Gasteiger partial charge in [-0.05, 0) is 55.0 Å². The maximum atomic E-state index is 5.97. The van der Waals surface area contributed by atoms with Crippen LogP contribution in [-0.4, -0.2) is 23.4 Å². The highest BCUT2D eigenvalue weighted by molar-refractivity contribution is 9.10. The Morgan fingerprint density at radius 3 is 2.81 bits per heavy atom. The summed E-state index contributed by atoms with van der Waals surface area (Å²) in [6.45, 7) is 4.70. The van der Waals surface area contributed by atoms with Crippen LogP contribution < -0.4 is 10.1 Å². The molecule has 0 amide bonds. The quantitative estimate of drug-likeness (QED) is 0.825. The molecule has 0 radical (unpaired) electrons. The maximum Gasteiger partial charge on any atom is 0.120 e. The normalized spacial score (nSPS) is 12.7. The number of hydrogen-bond acceptors (Lipinski definition) is 3. The van der Waals surface area contributed by atoms with Gasteiger partial charge in [0.1, 0.15) is 12.4 Å². The van der Waals surface area contributed by atoms with E-state index in [0.717, 1.165) is 15.9 Å². The minimum Gasteiger partial charge on any atom is -0.491 e. The summed E-state index contributed by atoms with van der Waals surface area (Å²) in [5.41, 5.74) is 1.08. The Hall–Kier alpha value is -1.04. The number of rotatable bonds is 6. The summed E-state index contributed by atoms with van der Waals surface area (Å²) in [6.07, 6.45) is 1.82. The van der Waals surface area contributed by atoms with Crippen LogP contribution in [0.15, 0.2) is 34.9 Å². The summed E-state index contributed by atoms with van der Waals surface area (Å²) in [4.78, 5) is 0. The highest BCUT2D eigenvalue weighted by Crippen LogP contribution is 2.27.